The van der Waals surface area contributed by atoms with Gasteiger partial charge in [-0.3, -0.25) is 10.2 Å². The number of aliphatic imine (C=N–C) groups is 1. The lowest BCUT2D eigenvalue weighted by Crippen LogP contribution is -2.53. The number of aliphatic hydroxyl groups is 1. The molecule has 0 saturated carbocycles. The number of ether oxygens (including phenoxy) is 2. The number of aliphatic hydroxyl groups excluding tert-OH is 1. The minimum Gasteiger partial charge on any atom is -0.494 e. The minimum absolute atomic E-state index is 0.0329. The molecule has 3 aromatic carbocycles. The quantitative estimate of drug-likeness (QED) is 0.0930. The summed E-state index contributed by atoms with van der Waals surface area (Å²) in [7, 11) is 3.39. The fourth-order valence-corrected chi connectivity index (χ4v) is 4.70. The summed E-state index contributed by atoms with van der Waals surface area (Å²) in [5.74, 6) is 0.406. The maximum Gasteiger partial charge on any atom is 0.266 e. The summed E-state index contributed by atoms with van der Waals surface area (Å²) in [6.07, 6.45) is -0.388. The SMILES string of the molecule is CN(C)NC(=O)[C@@]1(Cc2ccccc2N=[N+]=[N-])N=C(c2ccc(OCCCO)cc2)O[C@H]1c1ccccc1CN=[N+]=[N-]. The number of azide groups is 2. The first-order chi connectivity index (χ1) is 20.4. The number of rotatable bonds is 13. The second kappa shape index (κ2) is 14.0. The van der Waals surface area contributed by atoms with Gasteiger partial charge in [0.15, 0.2) is 11.6 Å². The Labute approximate surface area is 242 Å². The number of hydrazine groups is 1. The van der Waals surface area contributed by atoms with Gasteiger partial charge in [-0.25, -0.2) is 10.0 Å². The lowest BCUT2D eigenvalue weighted by molar-refractivity contribution is -0.132. The third-order valence-electron chi connectivity index (χ3n) is 6.60. The van der Waals surface area contributed by atoms with Crippen LogP contribution < -0.4 is 10.2 Å². The van der Waals surface area contributed by atoms with Crippen molar-refractivity contribution in [3.05, 3.63) is 116 Å². The highest BCUT2D eigenvalue weighted by Gasteiger charge is 2.54. The lowest BCUT2D eigenvalue weighted by atomic mass is 9.80. The van der Waals surface area contributed by atoms with Crippen LogP contribution in [0.5, 0.6) is 5.75 Å². The van der Waals surface area contributed by atoms with E-state index in [0.717, 1.165) is 0 Å². The zero-order chi connectivity index (χ0) is 30.0. The molecular weight excluding hydrogens is 538 g/mol. The van der Waals surface area contributed by atoms with Gasteiger partial charge in [-0.05, 0) is 52.0 Å². The molecule has 0 unspecified atom stereocenters. The summed E-state index contributed by atoms with van der Waals surface area (Å²) in [6.45, 7) is 0.448. The largest absolute Gasteiger partial charge is 0.494 e. The predicted molar refractivity (Wildman–Crippen MR) is 157 cm³/mol. The van der Waals surface area contributed by atoms with Crippen molar-refractivity contribution in [1.29, 1.82) is 0 Å². The topological polar surface area (TPSA) is 181 Å². The second-order valence-electron chi connectivity index (χ2n) is 9.71. The van der Waals surface area contributed by atoms with Gasteiger partial charge in [0.2, 0.25) is 5.90 Å². The van der Waals surface area contributed by atoms with E-state index >= 15 is 0 Å². The van der Waals surface area contributed by atoms with E-state index in [2.05, 4.69) is 25.5 Å². The standard InChI is InChI=1S/C29H31N9O4/c1-38(2)35-28(40)29(18-21-8-4-6-11-25(21)34-37-31)26(24-10-5-3-9-22(24)19-32-36-30)42-27(33-29)20-12-14-23(15-13-20)41-17-7-16-39/h3-6,8-15,26,39H,7,16-19H2,1-2H3,(H,35,40)/t26-,29-/m0/s1. The molecule has 0 spiro atoms. The molecule has 1 amide bonds. The van der Waals surface area contributed by atoms with Crippen LogP contribution >= 0.6 is 0 Å². The Balaban J connectivity index is 1.88. The normalized spacial score (nSPS) is 17.4. The molecule has 13 nitrogen and oxygen atoms in total. The Hall–Kier alpha value is -5.06. The first-order valence-electron chi connectivity index (χ1n) is 13.2. The van der Waals surface area contributed by atoms with Crippen molar-refractivity contribution in [3.63, 3.8) is 0 Å². The summed E-state index contributed by atoms with van der Waals surface area (Å²) in [5, 5.41) is 18.1. The highest BCUT2D eigenvalue weighted by atomic mass is 16.5. The van der Waals surface area contributed by atoms with Gasteiger partial charge in [-0.2, -0.15) is 0 Å². The number of nitrogens with zero attached hydrogens (tertiary/aromatic N) is 8. The maximum atomic E-state index is 14.2. The van der Waals surface area contributed by atoms with Gasteiger partial charge in [0.05, 0.1) is 13.2 Å². The molecule has 2 atom stereocenters. The molecule has 0 bridgehead atoms. The van der Waals surface area contributed by atoms with Crippen LogP contribution in [0.3, 0.4) is 0 Å². The van der Waals surface area contributed by atoms with E-state index in [9.17, 15) is 10.3 Å². The predicted octanol–water partition coefficient (Wildman–Crippen LogP) is 5.29. The first kappa shape index (κ1) is 29.9. The molecule has 0 fully saturated rings. The van der Waals surface area contributed by atoms with E-state index in [-0.39, 0.29) is 25.5 Å². The molecule has 4 rings (SSSR count). The molecule has 13 heteroatoms. The van der Waals surface area contributed by atoms with E-state index in [1.807, 2.05) is 24.3 Å². The second-order valence-corrected chi connectivity index (χ2v) is 9.71. The van der Waals surface area contributed by atoms with Gasteiger partial charge < -0.3 is 14.6 Å². The molecule has 0 radical (unpaired) electrons. The Morgan fingerprint density at radius 3 is 2.48 bits per heavy atom. The average molecular weight is 570 g/mol. The van der Waals surface area contributed by atoms with Gasteiger partial charge in [0.1, 0.15) is 5.75 Å². The van der Waals surface area contributed by atoms with Crippen LogP contribution in [0.2, 0.25) is 0 Å². The fraction of sp³-hybridized carbons (Fsp3) is 0.310. The van der Waals surface area contributed by atoms with Crippen molar-refractivity contribution in [1.82, 2.24) is 10.4 Å². The molecule has 42 heavy (non-hydrogen) atoms. The third-order valence-corrected chi connectivity index (χ3v) is 6.60. The number of amides is 1. The van der Waals surface area contributed by atoms with E-state index < -0.39 is 17.6 Å². The van der Waals surface area contributed by atoms with Gasteiger partial charge >= 0.3 is 0 Å². The van der Waals surface area contributed by atoms with Crippen LogP contribution in [0.25, 0.3) is 20.9 Å². The van der Waals surface area contributed by atoms with Gasteiger partial charge in [0, 0.05) is 54.6 Å². The lowest BCUT2D eigenvalue weighted by Gasteiger charge is -2.33. The highest BCUT2D eigenvalue weighted by Crippen LogP contribution is 2.44. The summed E-state index contributed by atoms with van der Waals surface area (Å²) < 4.78 is 12.2. The zero-order valence-electron chi connectivity index (χ0n) is 23.3. The monoisotopic (exact) mass is 569 g/mol. The molecule has 0 aromatic heterocycles. The van der Waals surface area contributed by atoms with Crippen LogP contribution in [0.1, 0.15) is 34.8 Å². The molecule has 216 valence electrons. The van der Waals surface area contributed by atoms with Crippen LogP contribution in [0.4, 0.5) is 5.69 Å². The number of nitrogens with one attached hydrogen (secondary N) is 1. The summed E-state index contributed by atoms with van der Waals surface area (Å²) in [5.41, 5.74) is 22.4. The van der Waals surface area contributed by atoms with Crippen molar-refractivity contribution >= 4 is 17.5 Å². The van der Waals surface area contributed by atoms with Crippen LogP contribution in [-0.2, 0) is 22.5 Å². The van der Waals surface area contributed by atoms with Crippen molar-refractivity contribution in [2.45, 2.75) is 31.0 Å². The highest BCUT2D eigenvalue weighted by molar-refractivity contribution is 6.01. The summed E-state index contributed by atoms with van der Waals surface area (Å²) in [4.78, 5) is 25.0. The fourth-order valence-electron chi connectivity index (χ4n) is 4.70. The van der Waals surface area contributed by atoms with Crippen molar-refractivity contribution in [3.8, 4) is 5.75 Å². The number of carbonyl (C=O) groups excluding carboxylic acids is 1. The van der Waals surface area contributed by atoms with E-state index in [1.54, 1.807) is 62.6 Å². The molecule has 2 N–H and O–H groups in total. The smallest absolute Gasteiger partial charge is 0.266 e. The van der Waals surface area contributed by atoms with E-state index in [4.69, 9.17) is 25.1 Å². The van der Waals surface area contributed by atoms with Gasteiger partial charge in [-0.15, -0.1) is 0 Å². The van der Waals surface area contributed by atoms with Gasteiger partial charge in [0.25, 0.3) is 5.91 Å². The molecule has 1 aliphatic rings. The average Bonchev–Trinajstić information content (AvgIpc) is 3.38. The van der Waals surface area contributed by atoms with Crippen LogP contribution in [0, 0.1) is 0 Å². The molecule has 0 saturated heterocycles. The van der Waals surface area contributed by atoms with Crippen molar-refractivity contribution in [2.75, 3.05) is 27.3 Å². The third kappa shape index (κ3) is 6.80. The number of carbonyl (C=O) groups is 1. The Kier molecular flexibility index (Phi) is 9.99. The summed E-state index contributed by atoms with van der Waals surface area (Å²) in [6, 6.07) is 21.4. The molecule has 3 aromatic rings. The number of hydrogen-bond donors (Lipinski definition) is 2. The zero-order valence-corrected chi connectivity index (χ0v) is 23.3. The Morgan fingerprint density at radius 2 is 1.79 bits per heavy atom. The minimum atomic E-state index is -1.55. The van der Waals surface area contributed by atoms with E-state index in [0.29, 0.717) is 46.7 Å². The molecular formula is C29H31N9O4. The van der Waals surface area contributed by atoms with Crippen LogP contribution in [0.15, 0.2) is 88.0 Å². The number of benzene rings is 3. The van der Waals surface area contributed by atoms with Crippen molar-refractivity contribution in [2.24, 2.45) is 15.2 Å². The first-order valence-corrected chi connectivity index (χ1v) is 13.2. The van der Waals surface area contributed by atoms with Crippen molar-refractivity contribution < 1.29 is 19.4 Å². The Morgan fingerprint density at radius 1 is 1.07 bits per heavy atom. The number of hydrogen-bond acceptors (Lipinski definition) is 8. The maximum absolute atomic E-state index is 14.2. The van der Waals surface area contributed by atoms with Crippen LogP contribution in [-0.4, -0.2) is 54.8 Å². The van der Waals surface area contributed by atoms with E-state index in [1.165, 1.54) is 5.01 Å². The summed E-state index contributed by atoms with van der Waals surface area (Å²) >= 11 is 0. The molecule has 1 heterocycles. The Bertz CT molecular complexity index is 1530. The molecule has 1 aliphatic heterocycles. The molecule has 0 aliphatic carbocycles. The van der Waals surface area contributed by atoms with Gasteiger partial charge in [-0.1, -0.05) is 58.8 Å².